The molecule has 1 heterocycles. The largest absolute Gasteiger partial charge is 0.481 e. The topological polar surface area (TPSA) is 81.0 Å². The van der Waals surface area contributed by atoms with Crippen molar-refractivity contribution in [3.8, 4) is 0 Å². The molecule has 5 heteroatoms. The third-order valence-electron chi connectivity index (χ3n) is 4.56. The molecule has 0 saturated carbocycles. The summed E-state index contributed by atoms with van der Waals surface area (Å²) in [5, 5.41) is 28.2. The Bertz CT molecular complexity index is 546. The maximum Gasteiger partial charge on any atom is 0.305 e. The maximum atomic E-state index is 10.6. The van der Waals surface area contributed by atoms with E-state index < -0.39 is 18.2 Å². The Morgan fingerprint density at radius 3 is 2.71 bits per heavy atom. The van der Waals surface area contributed by atoms with Crippen LogP contribution in [0.25, 0.3) is 0 Å². The Labute approximate surface area is 143 Å². The van der Waals surface area contributed by atoms with Crippen molar-refractivity contribution >= 4 is 5.97 Å². The van der Waals surface area contributed by atoms with Gasteiger partial charge in [-0.3, -0.25) is 9.69 Å². The van der Waals surface area contributed by atoms with Crippen molar-refractivity contribution in [2.45, 2.75) is 51.0 Å². The third kappa shape index (κ3) is 5.74. The summed E-state index contributed by atoms with van der Waals surface area (Å²) in [4.78, 5) is 12.9. The van der Waals surface area contributed by atoms with Crippen LogP contribution in [0.3, 0.4) is 0 Å². The second-order valence-corrected chi connectivity index (χ2v) is 6.65. The van der Waals surface area contributed by atoms with Gasteiger partial charge in [0.1, 0.15) is 0 Å². The van der Waals surface area contributed by atoms with Gasteiger partial charge in [0.05, 0.1) is 18.6 Å². The van der Waals surface area contributed by atoms with Crippen molar-refractivity contribution in [3.63, 3.8) is 0 Å². The van der Waals surface area contributed by atoms with Gasteiger partial charge in [-0.05, 0) is 24.4 Å². The molecule has 1 fully saturated rings. The smallest absolute Gasteiger partial charge is 0.305 e. The normalized spacial score (nSPS) is 24.3. The second kappa shape index (κ2) is 8.97. The van der Waals surface area contributed by atoms with Crippen molar-refractivity contribution < 1.29 is 20.1 Å². The lowest BCUT2D eigenvalue weighted by molar-refractivity contribution is -0.139. The van der Waals surface area contributed by atoms with Crippen LogP contribution in [-0.4, -0.2) is 51.0 Å². The Kier molecular flexibility index (Phi) is 6.97. The molecule has 2 rings (SSSR count). The lowest BCUT2D eigenvalue weighted by Gasteiger charge is -2.24. The Balaban J connectivity index is 1.91. The van der Waals surface area contributed by atoms with Crippen LogP contribution in [0.4, 0.5) is 0 Å². The number of carbonyl (C=O) groups is 1. The highest BCUT2D eigenvalue weighted by Crippen LogP contribution is 2.27. The zero-order valence-electron chi connectivity index (χ0n) is 14.1. The van der Waals surface area contributed by atoms with Crippen molar-refractivity contribution in [1.82, 2.24) is 4.90 Å². The monoisotopic (exact) mass is 333 g/mol. The molecule has 0 aliphatic carbocycles. The van der Waals surface area contributed by atoms with Crippen LogP contribution in [0.2, 0.25) is 0 Å². The maximum absolute atomic E-state index is 10.6. The molecule has 0 bridgehead atoms. The summed E-state index contributed by atoms with van der Waals surface area (Å²) in [6.07, 6.45) is 2.65. The third-order valence-corrected chi connectivity index (χ3v) is 4.56. The van der Waals surface area contributed by atoms with Gasteiger partial charge in [-0.2, -0.15) is 0 Å². The van der Waals surface area contributed by atoms with E-state index in [-0.39, 0.29) is 18.9 Å². The first-order valence-corrected chi connectivity index (χ1v) is 8.50. The minimum Gasteiger partial charge on any atom is -0.481 e. The number of hydrogen-bond acceptors (Lipinski definition) is 4. The number of carboxylic acid groups (broad SMARTS) is 1. The molecule has 4 atom stereocenters. The van der Waals surface area contributed by atoms with Crippen LogP contribution in [0.1, 0.15) is 31.7 Å². The lowest BCUT2D eigenvalue weighted by Crippen LogP contribution is -2.30. The van der Waals surface area contributed by atoms with E-state index in [4.69, 9.17) is 5.11 Å². The fraction of sp³-hybridized carbons (Fsp3) is 0.526. The highest BCUT2D eigenvalue weighted by molar-refractivity contribution is 5.67. The van der Waals surface area contributed by atoms with Gasteiger partial charge in [0.25, 0.3) is 0 Å². The minimum atomic E-state index is -1.06. The van der Waals surface area contributed by atoms with Crippen LogP contribution in [0.15, 0.2) is 42.5 Å². The first kappa shape index (κ1) is 18.6. The van der Waals surface area contributed by atoms with Gasteiger partial charge in [-0.15, -0.1) is 0 Å². The average molecular weight is 333 g/mol. The first-order chi connectivity index (χ1) is 11.5. The number of nitrogens with zero attached hydrogens (tertiary/aromatic N) is 1. The summed E-state index contributed by atoms with van der Waals surface area (Å²) in [5.74, 6) is -0.557. The molecule has 1 aromatic carbocycles. The quantitative estimate of drug-likeness (QED) is 0.634. The van der Waals surface area contributed by atoms with E-state index in [0.29, 0.717) is 5.92 Å². The van der Waals surface area contributed by atoms with E-state index in [1.54, 1.807) is 6.08 Å². The summed E-state index contributed by atoms with van der Waals surface area (Å²) in [5.41, 5.74) is 1.27. The van der Waals surface area contributed by atoms with E-state index in [2.05, 4.69) is 24.0 Å². The molecule has 0 radical (unpaired) electrons. The molecule has 0 unspecified atom stereocenters. The molecule has 24 heavy (non-hydrogen) atoms. The van der Waals surface area contributed by atoms with Crippen molar-refractivity contribution in [1.29, 1.82) is 0 Å². The summed E-state index contributed by atoms with van der Waals surface area (Å²) >= 11 is 0. The zero-order valence-corrected chi connectivity index (χ0v) is 14.1. The number of aliphatic hydroxyl groups excluding tert-OH is 2. The van der Waals surface area contributed by atoms with Crippen LogP contribution in [0, 0.1) is 5.92 Å². The van der Waals surface area contributed by atoms with Gasteiger partial charge >= 0.3 is 5.97 Å². The summed E-state index contributed by atoms with van der Waals surface area (Å²) in [7, 11) is 0. The number of aliphatic hydroxyl groups is 2. The second-order valence-electron chi connectivity index (χ2n) is 6.65. The molecule has 0 spiro atoms. The van der Waals surface area contributed by atoms with Crippen molar-refractivity contribution in [3.05, 3.63) is 48.0 Å². The molecule has 1 aliphatic heterocycles. The molecule has 0 amide bonds. The minimum absolute atomic E-state index is 0.0442. The van der Waals surface area contributed by atoms with Gasteiger partial charge in [0, 0.05) is 19.0 Å². The number of aliphatic carboxylic acids is 1. The van der Waals surface area contributed by atoms with Gasteiger partial charge in [0.2, 0.25) is 0 Å². The van der Waals surface area contributed by atoms with Crippen molar-refractivity contribution in [2.24, 2.45) is 5.92 Å². The average Bonchev–Trinajstić information content (AvgIpc) is 2.85. The van der Waals surface area contributed by atoms with E-state index in [0.717, 1.165) is 19.5 Å². The first-order valence-electron chi connectivity index (χ1n) is 8.50. The predicted octanol–water partition coefficient (Wildman–Crippen LogP) is 2.04. The van der Waals surface area contributed by atoms with Gasteiger partial charge in [0.15, 0.2) is 0 Å². The fourth-order valence-corrected chi connectivity index (χ4v) is 3.25. The van der Waals surface area contributed by atoms with Gasteiger partial charge in [-0.25, -0.2) is 0 Å². The van der Waals surface area contributed by atoms with Gasteiger partial charge in [-0.1, -0.05) is 49.4 Å². The Hall–Kier alpha value is -1.69. The molecule has 5 nitrogen and oxygen atoms in total. The standard InChI is InChI=1S/C19H27NO4/c1-14-9-10-20(13-15-5-3-2-4-6-15)18(14)8-7-16(21)11-17(22)12-19(23)24/h2-8,14,16-18,21-22H,9-13H2,1H3,(H,23,24)/t14-,16-,17-,18+/m1/s1. The summed E-state index contributed by atoms with van der Waals surface area (Å²) < 4.78 is 0. The van der Waals surface area contributed by atoms with Crippen LogP contribution in [0.5, 0.6) is 0 Å². The SMILES string of the molecule is C[C@@H]1CCN(Cc2ccccc2)[C@H]1C=C[C@@H](O)C[C@@H](O)CC(=O)O. The zero-order chi connectivity index (χ0) is 17.5. The molecule has 3 N–H and O–H groups in total. The molecule has 1 aliphatic rings. The number of carboxylic acids is 1. The lowest BCUT2D eigenvalue weighted by atomic mass is 10.0. The number of benzene rings is 1. The molecular weight excluding hydrogens is 306 g/mol. The molecule has 0 aromatic heterocycles. The number of likely N-dealkylation sites (tertiary alicyclic amines) is 1. The highest BCUT2D eigenvalue weighted by Gasteiger charge is 2.29. The summed E-state index contributed by atoms with van der Waals surface area (Å²) in [6, 6.07) is 10.5. The number of rotatable bonds is 8. The van der Waals surface area contributed by atoms with E-state index in [1.807, 2.05) is 24.3 Å². The van der Waals surface area contributed by atoms with Crippen LogP contribution < -0.4 is 0 Å². The predicted molar refractivity (Wildman–Crippen MR) is 92.4 cm³/mol. The summed E-state index contributed by atoms with van der Waals surface area (Å²) in [6.45, 7) is 4.09. The van der Waals surface area contributed by atoms with Crippen LogP contribution in [-0.2, 0) is 11.3 Å². The Morgan fingerprint density at radius 1 is 1.33 bits per heavy atom. The molecule has 1 aromatic rings. The molecule has 1 saturated heterocycles. The van der Waals surface area contributed by atoms with Gasteiger partial charge < -0.3 is 15.3 Å². The number of hydrogen-bond donors (Lipinski definition) is 3. The van der Waals surface area contributed by atoms with E-state index in [9.17, 15) is 15.0 Å². The fourth-order valence-electron chi connectivity index (χ4n) is 3.25. The van der Waals surface area contributed by atoms with Crippen LogP contribution >= 0.6 is 0 Å². The van der Waals surface area contributed by atoms with E-state index in [1.165, 1.54) is 5.56 Å². The Morgan fingerprint density at radius 2 is 2.04 bits per heavy atom. The molecule has 132 valence electrons. The molecular formula is C19H27NO4. The highest BCUT2D eigenvalue weighted by atomic mass is 16.4. The van der Waals surface area contributed by atoms with Crippen molar-refractivity contribution in [2.75, 3.05) is 6.54 Å². The van der Waals surface area contributed by atoms with E-state index >= 15 is 0 Å².